The first-order valence-electron chi connectivity index (χ1n) is 11.6. The van der Waals surface area contributed by atoms with Gasteiger partial charge in [-0.05, 0) is 56.2 Å². The maximum atomic E-state index is 12.7. The fourth-order valence-electron chi connectivity index (χ4n) is 3.41. The molecule has 37 heavy (non-hydrogen) atoms. The molecule has 1 amide bonds. The molecule has 7 nitrogen and oxygen atoms in total. The number of nitrogens with one attached hydrogen (secondary N) is 1. The molecule has 1 unspecified atom stereocenters. The highest BCUT2D eigenvalue weighted by Gasteiger charge is 2.23. The van der Waals surface area contributed by atoms with Crippen molar-refractivity contribution in [3.8, 4) is 0 Å². The van der Waals surface area contributed by atoms with Crippen molar-refractivity contribution in [3.63, 3.8) is 0 Å². The van der Waals surface area contributed by atoms with Gasteiger partial charge in [0.15, 0.2) is 0 Å². The van der Waals surface area contributed by atoms with Crippen LogP contribution in [0.3, 0.4) is 0 Å². The van der Waals surface area contributed by atoms with Crippen molar-refractivity contribution in [3.05, 3.63) is 99.8 Å². The van der Waals surface area contributed by atoms with Gasteiger partial charge in [0, 0.05) is 24.6 Å². The SMILES string of the molecule is COC(=O)C(CC=Cc1ccc(N(CC=C(C)C)c2ncccn2)cc1)NC(=O)c1c(Cl)cccc1Cl. The number of ether oxygens (including phenoxy) is 1. The van der Waals surface area contributed by atoms with Crippen LogP contribution in [-0.4, -0.2) is 41.5 Å². The molecule has 0 spiro atoms. The summed E-state index contributed by atoms with van der Waals surface area (Å²) in [5.41, 5.74) is 3.17. The van der Waals surface area contributed by atoms with E-state index in [1.807, 2.05) is 49.1 Å². The second kappa shape index (κ2) is 13.6. The van der Waals surface area contributed by atoms with Gasteiger partial charge in [-0.3, -0.25) is 4.79 Å². The Hall–Kier alpha value is -3.68. The van der Waals surface area contributed by atoms with E-state index in [1.54, 1.807) is 42.7 Å². The van der Waals surface area contributed by atoms with Crippen LogP contribution in [0.5, 0.6) is 0 Å². The van der Waals surface area contributed by atoms with E-state index in [9.17, 15) is 9.59 Å². The number of rotatable bonds is 10. The van der Waals surface area contributed by atoms with E-state index in [1.165, 1.54) is 12.7 Å². The second-order valence-electron chi connectivity index (χ2n) is 8.32. The van der Waals surface area contributed by atoms with Crippen molar-refractivity contribution in [1.29, 1.82) is 0 Å². The van der Waals surface area contributed by atoms with Crippen LogP contribution >= 0.6 is 23.2 Å². The Bertz CT molecular complexity index is 1250. The van der Waals surface area contributed by atoms with Crippen LogP contribution in [0, 0.1) is 0 Å². The highest BCUT2D eigenvalue weighted by molar-refractivity contribution is 6.39. The van der Waals surface area contributed by atoms with Crippen molar-refractivity contribution in [2.75, 3.05) is 18.6 Å². The predicted octanol–water partition coefficient (Wildman–Crippen LogP) is 6.26. The number of carbonyl (C=O) groups is 2. The van der Waals surface area contributed by atoms with Gasteiger partial charge in [-0.15, -0.1) is 0 Å². The van der Waals surface area contributed by atoms with Crippen molar-refractivity contribution in [2.24, 2.45) is 0 Å². The number of benzene rings is 2. The fraction of sp³-hybridized carbons (Fsp3) is 0.214. The molecule has 192 valence electrons. The van der Waals surface area contributed by atoms with Gasteiger partial charge in [0.05, 0.1) is 22.7 Å². The Kier molecular flexibility index (Phi) is 10.2. The molecule has 1 heterocycles. The molecule has 0 radical (unpaired) electrons. The van der Waals surface area contributed by atoms with Gasteiger partial charge in [0.1, 0.15) is 6.04 Å². The normalized spacial score (nSPS) is 11.6. The van der Waals surface area contributed by atoms with Crippen molar-refractivity contribution >= 4 is 52.8 Å². The smallest absolute Gasteiger partial charge is 0.328 e. The first-order chi connectivity index (χ1) is 17.8. The summed E-state index contributed by atoms with van der Waals surface area (Å²) in [7, 11) is 1.27. The molecule has 1 aromatic heterocycles. The van der Waals surface area contributed by atoms with Gasteiger partial charge in [-0.1, -0.05) is 65.2 Å². The number of carbonyl (C=O) groups excluding carboxylic acids is 2. The molecule has 1 N–H and O–H groups in total. The number of allylic oxidation sites excluding steroid dienone is 1. The zero-order valence-corrected chi connectivity index (χ0v) is 22.3. The van der Waals surface area contributed by atoms with Crippen LogP contribution in [0.2, 0.25) is 10.0 Å². The molecule has 0 aliphatic rings. The summed E-state index contributed by atoms with van der Waals surface area (Å²) in [6.07, 6.45) is 9.42. The third-order valence-electron chi connectivity index (χ3n) is 5.34. The van der Waals surface area contributed by atoms with Crippen LogP contribution in [0.25, 0.3) is 6.08 Å². The number of anilines is 2. The van der Waals surface area contributed by atoms with Crippen LogP contribution in [0.4, 0.5) is 11.6 Å². The van der Waals surface area contributed by atoms with Crippen LogP contribution < -0.4 is 10.2 Å². The highest BCUT2D eigenvalue weighted by Crippen LogP contribution is 2.25. The summed E-state index contributed by atoms with van der Waals surface area (Å²) < 4.78 is 4.86. The Morgan fingerprint density at radius 3 is 2.27 bits per heavy atom. The quantitative estimate of drug-likeness (QED) is 0.242. The average molecular weight is 539 g/mol. The van der Waals surface area contributed by atoms with Crippen molar-refractivity contribution < 1.29 is 14.3 Å². The monoisotopic (exact) mass is 538 g/mol. The third kappa shape index (κ3) is 7.90. The standard InChI is InChI=1S/C28H28Cl2N4O3/c1-19(2)15-18-34(28-31-16-6-17-32-28)21-13-11-20(12-14-21)7-4-10-24(27(36)37-3)33-26(35)25-22(29)8-5-9-23(25)30/h4-9,11-17,24H,10,18H2,1-3H3,(H,33,35). The minimum atomic E-state index is -0.907. The first-order valence-corrected chi connectivity index (χ1v) is 12.3. The molecule has 3 aromatic rings. The van der Waals surface area contributed by atoms with E-state index in [0.29, 0.717) is 12.5 Å². The van der Waals surface area contributed by atoms with Crippen LogP contribution in [0.15, 0.2) is 78.6 Å². The number of hydrogen-bond donors (Lipinski definition) is 1. The molecule has 2 aromatic carbocycles. The van der Waals surface area contributed by atoms with E-state index >= 15 is 0 Å². The van der Waals surface area contributed by atoms with Gasteiger partial charge in [0.2, 0.25) is 5.95 Å². The maximum Gasteiger partial charge on any atom is 0.328 e. The molecule has 0 saturated carbocycles. The number of amides is 1. The van der Waals surface area contributed by atoms with Gasteiger partial charge in [-0.25, -0.2) is 14.8 Å². The van der Waals surface area contributed by atoms with E-state index in [4.69, 9.17) is 27.9 Å². The molecule has 1 atom stereocenters. The molecular weight excluding hydrogens is 511 g/mol. The molecule has 0 saturated heterocycles. The lowest BCUT2D eigenvalue weighted by Crippen LogP contribution is -2.41. The Morgan fingerprint density at radius 2 is 1.68 bits per heavy atom. The summed E-state index contributed by atoms with van der Waals surface area (Å²) in [6.45, 7) is 4.73. The molecule has 0 bridgehead atoms. The Balaban J connectivity index is 1.72. The minimum Gasteiger partial charge on any atom is -0.467 e. The fourth-order valence-corrected chi connectivity index (χ4v) is 3.98. The summed E-state index contributed by atoms with van der Waals surface area (Å²) in [6, 6.07) is 13.5. The molecule has 0 aliphatic carbocycles. The first kappa shape index (κ1) is 27.9. The number of hydrogen-bond acceptors (Lipinski definition) is 6. The summed E-state index contributed by atoms with van der Waals surface area (Å²) >= 11 is 12.2. The molecule has 0 aliphatic heterocycles. The van der Waals surface area contributed by atoms with E-state index in [0.717, 1.165) is 11.3 Å². The molecule has 9 heteroatoms. The molecule has 3 rings (SSSR count). The summed E-state index contributed by atoms with van der Waals surface area (Å²) in [5.74, 6) is -0.517. The summed E-state index contributed by atoms with van der Waals surface area (Å²) in [5, 5.41) is 3.05. The second-order valence-corrected chi connectivity index (χ2v) is 9.13. The number of aromatic nitrogens is 2. The van der Waals surface area contributed by atoms with Gasteiger partial charge >= 0.3 is 5.97 Å². The molecular formula is C28H28Cl2N4O3. The average Bonchev–Trinajstić information content (AvgIpc) is 2.89. The van der Waals surface area contributed by atoms with Crippen LogP contribution in [-0.2, 0) is 9.53 Å². The summed E-state index contributed by atoms with van der Waals surface area (Å²) in [4.78, 5) is 35.8. The molecule has 0 fully saturated rings. The lowest BCUT2D eigenvalue weighted by molar-refractivity contribution is -0.142. The van der Waals surface area contributed by atoms with Gasteiger partial charge in [0.25, 0.3) is 5.91 Å². The van der Waals surface area contributed by atoms with Crippen LogP contribution in [0.1, 0.15) is 36.2 Å². The van der Waals surface area contributed by atoms with Gasteiger partial charge < -0.3 is 15.0 Å². The van der Waals surface area contributed by atoms with E-state index < -0.39 is 17.9 Å². The number of methoxy groups -OCH3 is 1. The Labute approximate surface area is 226 Å². The van der Waals surface area contributed by atoms with Gasteiger partial charge in [-0.2, -0.15) is 0 Å². The largest absolute Gasteiger partial charge is 0.467 e. The predicted molar refractivity (Wildman–Crippen MR) is 148 cm³/mol. The van der Waals surface area contributed by atoms with E-state index in [-0.39, 0.29) is 22.0 Å². The van der Waals surface area contributed by atoms with E-state index in [2.05, 4.69) is 21.4 Å². The number of esters is 1. The number of halogens is 2. The number of nitrogens with zero attached hydrogens (tertiary/aromatic N) is 3. The van der Waals surface area contributed by atoms with Crippen molar-refractivity contribution in [2.45, 2.75) is 26.3 Å². The Morgan fingerprint density at radius 1 is 1.03 bits per heavy atom. The lowest BCUT2D eigenvalue weighted by atomic mass is 10.1. The zero-order valence-electron chi connectivity index (χ0n) is 20.8. The highest BCUT2D eigenvalue weighted by atomic mass is 35.5. The third-order valence-corrected chi connectivity index (χ3v) is 5.97. The lowest BCUT2D eigenvalue weighted by Gasteiger charge is -2.21. The van der Waals surface area contributed by atoms with Crippen molar-refractivity contribution in [1.82, 2.24) is 15.3 Å². The minimum absolute atomic E-state index is 0.111. The zero-order chi connectivity index (χ0) is 26.8. The maximum absolute atomic E-state index is 12.7. The topological polar surface area (TPSA) is 84.4 Å².